The summed E-state index contributed by atoms with van der Waals surface area (Å²) in [5.74, 6) is 1.51. The van der Waals surface area contributed by atoms with E-state index in [1.807, 2.05) is 25.1 Å². The van der Waals surface area contributed by atoms with Crippen molar-refractivity contribution in [3.63, 3.8) is 0 Å². The molecule has 1 unspecified atom stereocenters. The van der Waals surface area contributed by atoms with E-state index in [0.717, 1.165) is 5.56 Å². The zero-order valence-electron chi connectivity index (χ0n) is 17.8. The Balaban J connectivity index is 1.58. The Labute approximate surface area is 180 Å². The average Bonchev–Trinajstić information content (AvgIpc) is 3.46. The highest BCUT2D eigenvalue weighted by atomic mass is 16.5. The van der Waals surface area contributed by atoms with Crippen molar-refractivity contribution in [2.75, 3.05) is 20.7 Å². The summed E-state index contributed by atoms with van der Waals surface area (Å²) >= 11 is 0. The molecule has 164 valence electrons. The number of nitrogens with one attached hydrogen (secondary N) is 1. The van der Waals surface area contributed by atoms with E-state index in [-0.39, 0.29) is 30.9 Å². The van der Waals surface area contributed by atoms with Crippen LogP contribution in [0.2, 0.25) is 0 Å². The lowest BCUT2D eigenvalue weighted by atomic mass is 10.0. The fourth-order valence-electron chi connectivity index (χ4n) is 2.92. The lowest BCUT2D eigenvalue weighted by Crippen LogP contribution is -2.30. The Morgan fingerprint density at radius 2 is 2.00 bits per heavy atom. The van der Waals surface area contributed by atoms with Crippen molar-refractivity contribution in [1.82, 2.24) is 20.4 Å². The molecule has 0 aliphatic rings. The van der Waals surface area contributed by atoms with Crippen LogP contribution >= 0.6 is 0 Å². The van der Waals surface area contributed by atoms with Gasteiger partial charge in [-0.15, -0.1) is 0 Å². The van der Waals surface area contributed by atoms with E-state index < -0.39 is 0 Å². The lowest BCUT2D eigenvalue weighted by molar-refractivity contribution is -0.130. The molecular formula is C22H26N4O5. The van der Waals surface area contributed by atoms with Crippen LogP contribution in [0.25, 0.3) is 11.6 Å². The van der Waals surface area contributed by atoms with Crippen molar-refractivity contribution in [2.24, 2.45) is 0 Å². The molecule has 0 saturated heterocycles. The molecule has 0 saturated carbocycles. The third kappa shape index (κ3) is 5.94. The van der Waals surface area contributed by atoms with E-state index in [2.05, 4.69) is 15.5 Å². The van der Waals surface area contributed by atoms with Crippen molar-refractivity contribution in [2.45, 2.75) is 32.2 Å². The summed E-state index contributed by atoms with van der Waals surface area (Å²) in [4.78, 5) is 30.1. The number of benzene rings is 1. The van der Waals surface area contributed by atoms with Gasteiger partial charge in [0.25, 0.3) is 5.91 Å². The second-order valence-corrected chi connectivity index (χ2v) is 7.13. The van der Waals surface area contributed by atoms with E-state index in [1.54, 1.807) is 32.3 Å². The van der Waals surface area contributed by atoms with Gasteiger partial charge >= 0.3 is 0 Å². The van der Waals surface area contributed by atoms with Crippen molar-refractivity contribution < 1.29 is 23.3 Å². The lowest BCUT2D eigenvalue weighted by Gasteiger charge is -2.21. The Bertz CT molecular complexity index is 997. The summed E-state index contributed by atoms with van der Waals surface area (Å²) in [5, 5.41) is 6.88. The van der Waals surface area contributed by atoms with Crippen LogP contribution in [0.4, 0.5) is 0 Å². The number of ether oxygens (including phenoxy) is 1. The highest BCUT2D eigenvalue weighted by Crippen LogP contribution is 2.27. The minimum atomic E-state index is -0.250. The van der Waals surface area contributed by atoms with Crippen LogP contribution in [-0.2, 0) is 16.0 Å². The number of aromatic nitrogens is 2. The molecule has 2 aromatic heterocycles. The van der Waals surface area contributed by atoms with Gasteiger partial charge in [-0.2, -0.15) is 4.98 Å². The summed E-state index contributed by atoms with van der Waals surface area (Å²) < 4.78 is 16.1. The Hall–Kier alpha value is -3.62. The van der Waals surface area contributed by atoms with Crippen molar-refractivity contribution in [3.05, 3.63) is 54.1 Å². The topological polar surface area (TPSA) is 111 Å². The van der Waals surface area contributed by atoms with Gasteiger partial charge in [-0.1, -0.05) is 30.3 Å². The highest BCUT2D eigenvalue weighted by molar-refractivity contribution is 5.77. The normalized spacial score (nSPS) is 11.7. The number of para-hydroxylation sites is 1. The van der Waals surface area contributed by atoms with Crippen LogP contribution in [0.1, 0.15) is 37.3 Å². The van der Waals surface area contributed by atoms with Gasteiger partial charge in [-0.3, -0.25) is 9.59 Å². The molecule has 9 heteroatoms. The first-order valence-corrected chi connectivity index (χ1v) is 10.1. The Morgan fingerprint density at radius 1 is 1.19 bits per heavy atom. The number of amides is 2. The number of carbonyl (C=O) groups excluding carboxylic acids is 2. The number of carbonyl (C=O) groups is 2. The molecule has 0 radical (unpaired) electrons. The monoisotopic (exact) mass is 426 g/mol. The van der Waals surface area contributed by atoms with Crippen LogP contribution in [0.15, 0.2) is 51.6 Å². The minimum Gasteiger partial charge on any atom is -0.483 e. The maximum Gasteiger partial charge on any atom is 0.259 e. The largest absolute Gasteiger partial charge is 0.483 e. The van der Waals surface area contributed by atoms with Crippen molar-refractivity contribution in [1.29, 1.82) is 0 Å². The standard InChI is InChI=1S/C22H26N4O5/c1-4-16(15-8-5-6-9-17(15)30-14-21(28)26(2)3)23-19(27)11-12-20-24-22(25-31-20)18-10-7-13-29-18/h5-10,13,16H,4,11-12,14H2,1-3H3,(H,23,27). The van der Waals surface area contributed by atoms with Gasteiger partial charge in [-0.25, -0.2) is 0 Å². The molecule has 2 amide bonds. The van der Waals surface area contributed by atoms with Gasteiger partial charge in [0.2, 0.25) is 17.6 Å². The molecule has 0 aliphatic heterocycles. The molecular weight excluding hydrogens is 400 g/mol. The molecule has 1 atom stereocenters. The zero-order chi connectivity index (χ0) is 22.2. The molecule has 0 spiro atoms. The number of nitrogens with zero attached hydrogens (tertiary/aromatic N) is 3. The third-order valence-corrected chi connectivity index (χ3v) is 4.66. The first-order valence-electron chi connectivity index (χ1n) is 10.1. The van der Waals surface area contributed by atoms with E-state index in [1.165, 1.54) is 11.2 Å². The van der Waals surface area contributed by atoms with E-state index >= 15 is 0 Å². The van der Waals surface area contributed by atoms with Crippen LogP contribution in [0, 0.1) is 0 Å². The molecule has 31 heavy (non-hydrogen) atoms. The summed E-state index contributed by atoms with van der Waals surface area (Å²) in [6, 6.07) is 10.6. The summed E-state index contributed by atoms with van der Waals surface area (Å²) in [7, 11) is 3.35. The van der Waals surface area contributed by atoms with Crippen LogP contribution in [0.5, 0.6) is 5.75 Å². The number of rotatable bonds is 10. The van der Waals surface area contributed by atoms with Gasteiger partial charge in [0.05, 0.1) is 12.3 Å². The first kappa shape index (κ1) is 22.1. The van der Waals surface area contributed by atoms with E-state index in [9.17, 15) is 9.59 Å². The second kappa shape index (κ2) is 10.4. The smallest absolute Gasteiger partial charge is 0.259 e. The molecule has 0 bridgehead atoms. The van der Waals surface area contributed by atoms with Crippen LogP contribution in [0.3, 0.4) is 0 Å². The van der Waals surface area contributed by atoms with Crippen LogP contribution in [-0.4, -0.2) is 47.6 Å². The SMILES string of the molecule is CCC(NC(=O)CCc1nc(-c2ccco2)no1)c1ccccc1OCC(=O)N(C)C. The summed E-state index contributed by atoms with van der Waals surface area (Å²) in [5.41, 5.74) is 0.822. The molecule has 0 aliphatic carbocycles. The second-order valence-electron chi connectivity index (χ2n) is 7.13. The fraction of sp³-hybridized carbons (Fsp3) is 0.364. The van der Waals surface area contributed by atoms with E-state index in [4.69, 9.17) is 13.7 Å². The summed E-state index contributed by atoms with van der Waals surface area (Å²) in [6.45, 7) is 1.91. The fourth-order valence-corrected chi connectivity index (χ4v) is 2.92. The number of likely N-dealkylation sites (N-methyl/N-ethyl adjacent to an activating group) is 1. The number of hydrogen-bond acceptors (Lipinski definition) is 7. The Morgan fingerprint density at radius 3 is 2.71 bits per heavy atom. The average molecular weight is 426 g/mol. The van der Waals surface area contributed by atoms with Gasteiger partial charge < -0.3 is 23.9 Å². The zero-order valence-corrected chi connectivity index (χ0v) is 17.8. The van der Waals surface area contributed by atoms with Gasteiger partial charge in [0, 0.05) is 32.5 Å². The van der Waals surface area contributed by atoms with Crippen molar-refractivity contribution >= 4 is 11.8 Å². The third-order valence-electron chi connectivity index (χ3n) is 4.66. The van der Waals surface area contributed by atoms with Crippen LogP contribution < -0.4 is 10.1 Å². The number of furan rings is 1. The first-order chi connectivity index (χ1) is 15.0. The van der Waals surface area contributed by atoms with Gasteiger partial charge in [-0.05, 0) is 24.6 Å². The predicted octanol–water partition coefficient (Wildman–Crippen LogP) is 3.00. The molecule has 1 aromatic carbocycles. The van der Waals surface area contributed by atoms with E-state index in [0.29, 0.717) is 36.1 Å². The van der Waals surface area contributed by atoms with Crippen molar-refractivity contribution in [3.8, 4) is 17.3 Å². The predicted molar refractivity (Wildman–Crippen MR) is 112 cm³/mol. The minimum absolute atomic E-state index is 0.0659. The van der Waals surface area contributed by atoms with Gasteiger partial charge in [0.15, 0.2) is 12.4 Å². The molecule has 0 fully saturated rings. The number of hydrogen-bond donors (Lipinski definition) is 1. The molecule has 3 rings (SSSR count). The summed E-state index contributed by atoms with van der Waals surface area (Å²) in [6.07, 6.45) is 2.70. The van der Waals surface area contributed by atoms with Gasteiger partial charge in [0.1, 0.15) is 5.75 Å². The molecule has 2 heterocycles. The highest BCUT2D eigenvalue weighted by Gasteiger charge is 2.19. The number of aryl methyl sites for hydroxylation is 1. The molecule has 9 nitrogen and oxygen atoms in total. The maximum atomic E-state index is 12.5. The molecule has 3 aromatic rings. The maximum absolute atomic E-state index is 12.5. The quantitative estimate of drug-likeness (QED) is 0.530. The molecule has 1 N–H and O–H groups in total. The Kier molecular flexibility index (Phi) is 7.42.